The molecule has 0 spiro atoms. The molecule has 6 heteroatoms. The van der Waals surface area contributed by atoms with Crippen molar-refractivity contribution in [3.8, 4) is 6.07 Å². The molecule has 18 heavy (non-hydrogen) atoms. The van der Waals surface area contributed by atoms with Crippen LogP contribution in [-0.4, -0.2) is 28.0 Å². The van der Waals surface area contributed by atoms with Gasteiger partial charge in [0.15, 0.2) is 0 Å². The van der Waals surface area contributed by atoms with E-state index in [1.165, 1.54) is 12.3 Å². The first kappa shape index (κ1) is 13.6. The second kappa shape index (κ2) is 7.01. The molecule has 0 aliphatic rings. The number of carbonyl (C=O) groups is 2. The molecule has 0 unspecified atom stereocenters. The molecule has 0 saturated heterocycles. The van der Waals surface area contributed by atoms with Crippen molar-refractivity contribution in [3.05, 3.63) is 30.1 Å². The normalized spacial score (nSPS) is 11.3. The van der Waals surface area contributed by atoms with Gasteiger partial charge >= 0.3 is 5.97 Å². The zero-order valence-electron chi connectivity index (χ0n) is 9.67. The number of hydrogen-bond acceptors (Lipinski definition) is 4. The number of carboxylic acid groups (broad SMARTS) is 1. The van der Waals surface area contributed by atoms with Crippen LogP contribution in [0, 0.1) is 11.3 Å². The Bertz CT molecular complexity index is 453. The van der Waals surface area contributed by atoms with Gasteiger partial charge in [-0.05, 0) is 25.0 Å². The van der Waals surface area contributed by atoms with Crippen molar-refractivity contribution in [2.24, 2.45) is 0 Å². The molecule has 0 aliphatic heterocycles. The third kappa shape index (κ3) is 4.22. The van der Waals surface area contributed by atoms with E-state index in [1.807, 2.05) is 6.07 Å². The molecular formula is C12H13N3O3. The molecule has 1 aromatic heterocycles. The molecule has 0 aromatic carbocycles. The van der Waals surface area contributed by atoms with E-state index in [0.717, 1.165) is 0 Å². The molecule has 1 aromatic rings. The average molecular weight is 247 g/mol. The molecule has 0 saturated carbocycles. The van der Waals surface area contributed by atoms with Gasteiger partial charge in [-0.3, -0.25) is 9.78 Å². The number of amides is 1. The summed E-state index contributed by atoms with van der Waals surface area (Å²) >= 11 is 0. The molecule has 94 valence electrons. The lowest BCUT2D eigenvalue weighted by Gasteiger charge is -2.13. The van der Waals surface area contributed by atoms with Gasteiger partial charge in [-0.25, -0.2) is 4.79 Å². The van der Waals surface area contributed by atoms with E-state index in [-0.39, 0.29) is 18.5 Å². The molecule has 2 N–H and O–H groups in total. The average Bonchev–Trinajstić information content (AvgIpc) is 2.38. The van der Waals surface area contributed by atoms with E-state index in [1.54, 1.807) is 12.1 Å². The lowest BCUT2D eigenvalue weighted by atomic mass is 10.1. The van der Waals surface area contributed by atoms with Crippen LogP contribution in [0.15, 0.2) is 24.4 Å². The van der Waals surface area contributed by atoms with Gasteiger partial charge in [0.1, 0.15) is 11.7 Å². The molecular weight excluding hydrogens is 234 g/mol. The predicted molar refractivity (Wildman–Crippen MR) is 62.6 cm³/mol. The number of aromatic nitrogens is 1. The maximum absolute atomic E-state index is 11.7. The summed E-state index contributed by atoms with van der Waals surface area (Å²) in [4.78, 5) is 26.5. The number of nitrogens with one attached hydrogen (secondary N) is 1. The van der Waals surface area contributed by atoms with Gasteiger partial charge in [0.25, 0.3) is 5.91 Å². The molecule has 0 aliphatic carbocycles. The van der Waals surface area contributed by atoms with Crippen LogP contribution >= 0.6 is 0 Å². The molecule has 0 fully saturated rings. The van der Waals surface area contributed by atoms with Crippen LogP contribution in [0.1, 0.15) is 29.8 Å². The minimum atomic E-state index is -1.11. The summed E-state index contributed by atoms with van der Waals surface area (Å²) < 4.78 is 0. The summed E-state index contributed by atoms with van der Waals surface area (Å²) in [7, 11) is 0. The Labute approximate surface area is 104 Å². The highest BCUT2D eigenvalue weighted by atomic mass is 16.4. The quantitative estimate of drug-likeness (QED) is 0.729. The van der Waals surface area contributed by atoms with Crippen molar-refractivity contribution in [2.45, 2.75) is 25.3 Å². The molecule has 0 bridgehead atoms. The van der Waals surface area contributed by atoms with Crippen LogP contribution in [-0.2, 0) is 4.79 Å². The van der Waals surface area contributed by atoms with Crippen LogP contribution in [0.2, 0.25) is 0 Å². The van der Waals surface area contributed by atoms with Crippen molar-refractivity contribution in [1.82, 2.24) is 10.3 Å². The second-order valence-corrected chi connectivity index (χ2v) is 3.63. The van der Waals surface area contributed by atoms with E-state index in [0.29, 0.717) is 6.42 Å². The number of nitrogens with zero attached hydrogens (tertiary/aromatic N) is 2. The van der Waals surface area contributed by atoms with Gasteiger partial charge in [-0.15, -0.1) is 0 Å². The highest BCUT2D eigenvalue weighted by Gasteiger charge is 2.20. The Kier molecular flexibility index (Phi) is 5.32. The Morgan fingerprint density at radius 1 is 1.50 bits per heavy atom. The maximum atomic E-state index is 11.7. The number of hydrogen-bond donors (Lipinski definition) is 2. The molecule has 1 amide bonds. The highest BCUT2D eigenvalue weighted by molar-refractivity contribution is 5.94. The lowest BCUT2D eigenvalue weighted by molar-refractivity contribution is -0.139. The minimum absolute atomic E-state index is 0.170. The Morgan fingerprint density at radius 3 is 2.83 bits per heavy atom. The van der Waals surface area contributed by atoms with Gasteiger partial charge in [0.2, 0.25) is 0 Å². The minimum Gasteiger partial charge on any atom is -0.480 e. The van der Waals surface area contributed by atoms with Gasteiger partial charge < -0.3 is 10.4 Å². The fourth-order valence-corrected chi connectivity index (χ4v) is 1.37. The first-order chi connectivity index (χ1) is 8.65. The Morgan fingerprint density at radius 2 is 2.28 bits per heavy atom. The molecule has 1 heterocycles. The van der Waals surface area contributed by atoms with Gasteiger partial charge in [-0.2, -0.15) is 5.26 Å². The first-order valence-corrected chi connectivity index (χ1v) is 5.47. The highest BCUT2D eigenvalue weighted by Crippen LogP contribution is 2.02. The van der Waals surface area contributed by atoms with E-state index in [4.69, 9.17) is 10.4 Å². The third-order valence-corrected chi connectivity index (χ3v) is 2.28. The fourth-order valence-electron chi connectivity index (χ4n) is 1.37. The number of aliphatic carboxylic acids is 1. The fraction of sp³-hybridized carbons (Fsp3) is 0.333. The van der Waals surface area contributed by atoms with Crippen LogP contribution < -0.4 is 5.32 Å². The predicted octanol–water partition coefficient (Wildman–Crippen LogP) is 0.958. The van der Waals surface area contributed by atoms with Crippen molar-refractivity contribution >= 4 is 11.9 Å². The number of carboxylic acids is 1. The number of rotatable bonds is 6. The third-order valence-electron chi connectivity index (χ3n) is 2.28. The van der Waals surface area contributed by atoms with Crippen LogP contribution in [0.4, 0.5) is 0 Å². The topological polar surface area (TPSA) is 103 Å². The Balaban J connectivity index is 2.59. The number of pyridine rings is 1. The summed E-state index contributed by atoms with van der Waals surface area (Å²) in [5.41, 5.74) is 0.170. The van der Waals surface area contributed by atoms with Crippen molar-refractivity contribution in [2.75, 3.05) is 0 Å². The van der Waals surface area contributed by atoms with Gasteiger partial charge in [0.05, 0.1) is 6.07 Å². The maximum Gasteiger partial charge on any atom is 0.326 e. The largest absolute Gasteiger partial charge is 0.480 e. The van der Waals surface area contributed by atoms with Gasteiger partial charge in [0, 0.05) is 12.6 Å². The number of nitriles is 1. The summed E-state index contributed by atoms with van der Waals surface area (Å²) in [6.45, 7) is 0. The smallest absolute Gasteiger partial charge is 0.326 e. The molecule has 0 radical (unpaired) electrons. The number of unbranched alkanes of at least 4 members (excludes halogenated alkanes) is 1. The molecule has 6 nitrogen and oxygen atoms in total. The summed E-state index contributed by atoms with van der Waals surface area (Å²) in [6, 6.07) is 5.75. The van der Waals surface area contributed by atoms with Crippen LogP contribution in [0.5, 0.6) is 0 Å². The second-order valence-electron chi connectivity index (χ2n) is 3.63. The van der Waals surface area contributed by atoms with Crippen molar-refractivity contribution in [3.63, 3.8) is 0 Å². The SMILES string of the molecule is N#CCCC[C@@H](NC(=O)c1ccccn1)C(=O)O. The van der Waals surface area contributed by atoms with Crippen molar-refractivity contribution in [1.29, 1.82) is 5.26 Å². The molecule has 1 rings (SSSR count). The monoisotopic (exact) mass is 247 g/mol. The summed E-state index contributed by atoms with van der Waals surface area (Å²) in [5, 5.41) is 19.7. The van der Waals surface area contributed by atoms with E-state index >= 15 is 0 Å². The van der Waals surface area contributed by atoms with Crippen molar-refractivity contribution < 1.29 is 14.7 Å². The zero-order chi connectivity index (χ0) is 13.4. The van der Waals surface area contributed by atoms with Crippen LogP contribution in [0.25, 0.3) is 0 Å². The molecule has 1 atom stereocenters. The van der Waals surface area contributed by atoms with Crippen LogP contribution in [0.3, 0.4) is 0 Å². The van der Waals surface area contributed by atoms with Gasteiger partial charge in [-0.1, -0.05) is 6.07 Å². The number of carbonyl (C=O) groups excluding carboxylic acids is 1. The standard InChI is InChI=1S/C12H13N3O3/c13-7-3-1-6-10(12(17)18)15-11(16)9-5-2-4-8-14-9/h2,4-5,8,10H,1,3,6H2,(H,15,16)(H,17,18)/t10-/m1/s1. The first-order valence-electron chi connectivity index (χ1n) is 5.47. The summed E-state index contributed by atoms with van der Waals surface area (Å²) in [5.74, 6) is -1.64. The summed E-state index contributed by atoms with van der Waals surface area (Å²) in [6.07, 6.45) is 2.38. The Hall–Kier alpha value is -2.42. The van der Waals surface area contributed by atoms with E-state index in [9.17, 15) is 9.59 Å². The van der Waals surface area contributed by atoms with E-state index in [2.05, 4.69) is 10.3 Å². The van der Waals surface area contributed by atoms with E-state index < -0.39 is 17.9 Å². The lowest BCUT2D eigenvalue weighted by Crippen LogP contribution is -2.41. The zero-order valence-corrected chi connectivity index (χ0v) is 9.67.